The Kier molecular flexibility index (Phi) is 6.84. The molecule has 29 heavy (non-hydrogen) atoms. The van der Waals surface area contributed by atoms with E-state index in [0.29, 0.717) is 24.3 Å². The maximum Gasteiger partial charge on any atom is 0.319 e. The molecule has 0 atom stereocenters. The normalized spacial score (nSPS) is 12.7. The van der Waals surface area contributed by atoms with Gasteiger partial charge in [-0.25, -0.2) is 4.79 Å². The molecule has 0 spiro atoms. The number of amides is 4. The maximum atomic E-state index is 12.2. The zero-order chi connectivity index (χ0) is 20.6. The molecule has 0 bridgehead atoms. The largest absolute Gasteiger partial charge is 0.350 e. The molecule has 1 aliphatic carbocycles. The van der Waals surface area contributed by atoms with Crippen LogP contribution in [-0.4, -0.2) is 30.9 Å². The van der Waals surface area contributed by atoms with Gasteiger partial charge in [-0.2, -0.15) is 0 Å². The van der Waals surface area contributed by atoms with Crippen molar-refractivity contribution in [2.75, 3.05) is 23.7 Å². The number of para-hydroxylation sites is 1. The van der Waals surface area contributed by atoms with Crippen LogP contribution in [0.15, 0.2) is 48.5 Å². The zero-order valence-corrected chi connectivity index (χ0v) is 16.5. The molecule has 3 rings (SSSR count). The number of rotatable bonds is 8. The van der Waals surface area contributed by atoms with Gasteiger partial charge >= 0.3 is 6.03 Å². The van der Waals surface area contributed by atoms with Crippen molar-refractivity contribution in [1.29, 1.82) is 0 Å². The highest BCUT2D eigenvalue weighted by Gasteiger charge is 2.29. The molecule has 7 heteroatoms. The molecule has 1 aliphatic rings. The third-order valence-corrected chi connectivity index (χ3v) is 4.71. The number of carbonyl (C=O) groups is 3. The number of aryl methyl sites for hydroxylation is 1. The molecule has 0 radical (unpaired) electrons. The Balaban J connectivity index is 1.38. The van der Waals surface area contributed by atoms with Crippen LogP contribution in [0.25, 0.3) is 0 Å². The summed E-state index contributed by atoms with van der Waals surface area (Å²) in [5.74, 6) is -0.0603. The molecule has 0 unspecified atom stereocenters. The molecule has 2 aromatic carbocycles. The lowest BCUT2D eigenvalue weighted by molar-refractivity contribution is -0.117. The van der Waals surface area contributed by atoms with E-state index in [2.05, 4.69) is 21.3 Å². The summed E-state index contributed by atoms with van der Waals surface area (Å²) in [4.78, 5) is 35.9. The van der Waals surface area contributed by atoms with Gasteiger partial charge < -0.3 is 21.3 Å². The fourth-order valence-corrected chi connectivity index (χ4v) is 2.87. The van der Waals surface area contributed by atoms with Crippen molar-refractivity contribution >= 4 is 29.2 Å². The summed E-state index contributed by atoms with van der Waals surface area (Å²) < 4.78 is 0. The summed E-state index contributed by atoms with van der Waals surface area (Å²) in [6.07, 6.45) is 2.72. The Morgan fingerprint density at radius 1 is 0.897 bits per heavy atom. The van der Waals surface area contributed by atoms with Crippen molar-refractivity contribution in [3.63, 3.8) is 0 Å². The Morgan fingerprint density at radius 2 is 1.59 bits per heavy atom. The minimum absolute atomic E-state index is 0.0353. The number of hydrogen-bond acceptors (Lipinski definition) is 3. The van der Waals surface area contributed by atoms with Gasteiger partial charge in [-0.1, -0.05) is 25.1 Å². The van der Waals surface area contributed by atoms with Crippen LogP contribution in [-0.2, 0) is 11.2 Å². The predicted octanol–water partition coefficient (Wildman–Crippen LogP) is 3.15. The van der Waals surface area contributed by atoms with E-state index in [4.69, 9.17) is 0 Å². The summed E-state index contributed by atoms with van der Waals surface area (Å²) in [6, 6.07) is 14.1. The minimum atomic E-state index is -0.309. The smallest absolute Gasteiger partial charge is 0.319 e. The molecule has 0 heterocycles. The zero-order valence-electron chi connectivity index (χ0n) is 16.5. The van der Waals surface area contributed by atoms with E-state index >= 15 is 0 Å². The van der Waals surface area contributed by atoms with Crippen LogP contribution in [0.3, 0.4) is 0 Å². The number of anilines is 2. The average molecular weight is 394 g/mol. The SMILES string of the molecule is CCc1ccccc1NC(=O)NCCNC(=O)c1ccc(NC(=O)C2CC2)cc1. The third-order valence-electron chi connectivity index (χ3n) is 4.71. The van der Waals surface area contributed by atoms with Crippen LogP contribution in [0.5, 0.6) is 0 Å². The van der Waals surface area contributed by atoms with Crippen molar-refractivity contribution in [3.05, 3.63) is 59.7 Å². The quantitative estimate of drug-likeness (QED) is 0.518. The molecule has 0 saturated heterocycles. The van der Waals surface area contributed by atoms with E-state index < -0.39 is 0 Å². The van der Waals surface area contributed by atoms with Crippen molar-refractivity contribution in [1.82, 2.24) is 10.6 Å². The number of carbonyl (C=O) groups excluding carboxylic acids is 3. The standard InChI is InChI=1S/C22H26N4O3/c1-2-15-5-3-4-6-19(15)26-22(29)24-14-13-23-20(27)16-9-11-18(12-10-16)25-21(28)17-7-8-17/h3-6,9-12,17H,2,7-8,13-14H2,1H3,(H,23,27)(H,25,28)(H2,24,26,29). The molecule has 2 aromatic rings. The lowest BCUT2D eigenvalue weighted by atomic mass is 10.1. The number of hydrogen-bond donors (Lipinski definition) is 4. The fraction of sp³-hybridized carbons (Fsp3) is 0.318. The van der Waals surface area contributed by atoms with Crippen LogP contribution in [0.4, 0.5) is 16.2 Å². The van der Waals surface area contributed by atoms with E-state index in [0.717, 1.165) is 30.5 Å². The first-order chi connectivity index (χ1) is 14.1. The topological polar surface area (TPSA) is 99.3 Å². The van der Waals surface area contributed by atoms with Crippen LogP contribution >= 0.6 is 0 Å². The van der Waals surface area contributed by atoms with E-state index in [1.807, 2.05) is 31.2 Å². The second-order valence-corrected chi connectivity index (χ2v) is 6.99. The number of nitrogens with one attached hydrogen (secondary N) is 4. The molecule has 152 valence electrons. The average Bonchev–Trinajstić information content (AvgIpc) is 3.57. The van der Waals surface area contributed by atoms with E-state index in [9.17, 15) is 14.4 Å². The molecule has 0 aliphatic heterocycles. The van der Waals surface area contributed by atoms with Crippen LogP contribution < -0.4 is 21.3 Å². The summed E-state index contributed by atoms with van der Waals surface area (Å²) in [5, 5.41) is 11.1. The minimum Gasteiger partial charge on any atom is -0.350 e. The van der Waals surface area contributed by atoms with Gasteiger partial charge in [-0.15, -0.1) is 0 Å². The third kappa shape index (κ3) is 6.07. The van der Waals surface area contributed by atoms with Gasteiger partial charge in [-0.05, 0) is 55.2 Å². The Hall–Kier alpha value is -3.35. The van der Waals surface area contributed by atoms with Gasteiger partial charge in [0.25, 0.3) is 5.91 Å². The van der Waals surface area contributed by atoms with E-state index in [1.165, 1.54) is 0 Å². The van der Waals surface area contributed by atoms with Gasteiger partial charge in [0.2, 0.25) is 5.91 Å². The molecule has 0 aromatic heterocycles. The van der Waals surface area contributed by atoms with Gasteiger partial charge in [-0.3, -0.25) is 9.59 Å². The van der Waals surface area contributed by atoms with Crippen LogP contribution in [0, 0.1) is 5.92 Å². The van der Waals surface area contributed by atoms with E-state index in [1.54, 1.807) is 24.3 Å². The van der Waals surface area contributed by atoms with Crippen LogP contribution in [0.2, 0.25) is 0 Å². The molecular formula is C22H26N4O3. The highest BCUT2D eigenvalue weighted by Crippen LogP contribution is 2.30. The van der Waals surface area contributed by atoms with Crippen molar-refractivity contribution in [2.24, 2.45) is 5.92 Å². The Morgan fingerprint density at radius 3 is 2.28 bits per heavy atom. The molecule has 7 nitrogen and oxygen atoms in total. The molecule has 1 saturated carbocycles. The second kappa shape index (κ2) is 9.73. The van der Waals surface area contributed by atoms with Crippen molar-refractivity contribution in [3.8, 4) is 0 Å². The van der Waals surface area contributed by atoms with E-state index in [-0.39, 0.29) is 23.8 Å². The molecule has 4 amide bonds. The molecule has 4 N–H and O–H groups in total. The second-order valence-electron chi connectivity index (χ2n) is 6.99. The first-order valence-electron chi connectivity index (χ1n) is 9.88. The summed E-state index contributed by atoms with van der Waals surface area (Å²) in [7, 11) is 0. The molecule has 1 fully saturated rings. The van der Waals surface area contributed by atoms with Crippen molar-refractivity contribution in [2.45, 2.75) is 26.2 Å². The van der Waals surface area contributed by atoms with Gasteiger partial charge in [0.1, 0.15) is 0 Å². The first-order valence-corrected chi connectivity index (χ1v) is 9.88. The Labute approximate surface area is 170 Å². The van der Waals surface area contributed by atoms with Crippen LogP contribution in [0.1, 0.15) is 35.7 Å². The highest BCUT2D eigenvalue weighted by atomic mass is 16.2. The lowest BCUT2D eigenvalue weighted by Crippen LogP contribution is -2.36. The monoisotopic (exact) mass is 394 g/mol. The van der Waals surface area contributed by atoms with Gasteiger partial charge in [0.05, 0.1) is 0 Å². The maximum absolute atomic E-state index is 12.2. The number of benzene rings is 2. The van der Waals surface area contributed by atoms with Crippen molar-refractivity contribution < 1.29 is 14.4 Å². The summed E-state index contributed by atoms with van der Waals surface area (Å²) in [6.45, 7) is 2.64. The summed E-state index contributed by atoms with van der Waals surface area (Å²) in [5.41, 5.74) is 3.03. The van der Waals surface area contributed by atoms with Gasteiger partial charge in [0.15, 0.2) is 0 Å². The Bertz CT molecular complexity index is 876. The lowest BCUT2D eigenvalue weighted by Gasteiger charge is -2.11. The number of urea groups is 1. The molecular weight excluding hydrogens is 368 g/mol. The fourth-order valence-electron chi connectivity index (χ4n) is 2.87. The van der Waals surface area contributed by atoms with Gasteiger partial charge in [0, 0.05) is 35.9 Å². The first kappa shape index (κ1) is 20.4. The summed E-state index contributed by atoms with van der Waals surface area (Å²) >= 11 is 0. The highest BCUT2D eigenvalue weighted by molar-refractivity contribution is 5.97. The predicted molar refractivity (Wildman–Crippen MR) is 113 cm³/mol.